The second kappa shape index (κ2) is 7.04. The van der Waals surface area contributed by atoms with Gasteiger partial charge in [-0.05, 0) is 44.5 Å². The van der Waals surface area contributed by atoms with Crippen molar-refractivity contribution in [1.29, 1.82) is 0 Å². The third-order valence-corrected chi connectivity index (χ3v) is 5.25. The van der Waals surface area contributed by atoms with Crippen molar-refractivity contribution in [3.05, 3.63) is 59.4 Å². The maximum absolute atomic E-state index is 12.4. The SMILES string of the molecule is Cc1ccc(NC(=O)CSc2nc(C)nc3c2oc2ccccc23)c(C)c1. The van der Waals surface area contributed by atoms with E-state index in [0.29, 0.717) is 16.4 Å². The number of fused-ring (bicyclic) bond motifs is 3. The molecule has 0 spiro atoms. The Morgan fingerprint density at radius 2 is 1.93 bits per heavy atom. The highest BCUT2D eigenvalue weighted by Gasteiger charge is 2.16. The van der Waals surface area contributed by atoms with Gasteiger partial charge in [0, 0.05) is 11.1 Å². The maximum atomic E-state index is 12.4. The van der Waals surface area contributed by atoms with Gasteiger partial charge in [0.05, 0.1) is 5.75 Å². The first-order valence-electron chi connectivity index (χ1n) is 8.67. The van der Waals surface area contributed by atoms with E-state index in [-0.39, 0.29) is 11.7 Å². The molecule has 2 heterocycles. The summed E-state index contributed by atoms with van der Waals surface area (Å²) in [5, 5.41) is 4.61. The Kier molecular flexibility index (Phi) is 4.58. The molecule has 0 bridgehead atoms. The fourth-order valence-corrected chi connectivity index (χ4v) is 3.85. The molecule has 0 unspecified atom stereocenters. The number of rotatable bonds is 4. The Labute approximate surface area is 161 Å². The van der Waals surface area contributed by atoms with Crippen LogP contribution >= 0.6 is 11.8 Å². The summed E-state index contributed by atoms with van der Waals surface area (Å²) >= 11 is 1.36. The number of hydrogen-bond acceptors (Lipinski definition) is 5. The van der Waals surface area contributed by atoms with Gasteiger partial charge in [0.25, 0.3) is 0 Å². The van der Waals surface area contributed by atoms with Crippen LogP contribution in [0, 0.1) is 20.8 Å². The van der Waals surface area contributed by atoms with E-state index >= 15 is 0 Å². The topological polar surface area (TPSA) is 68.0 Å². The first-order valence-corrected chi connectivity index (χ1v) is 9.65. The lowest BCUT2D eigenvalue weighted by Gasteiger charge is -2.09. The number of nitrogens with one attached hydrogen (secondary N) is 1. The van der Waals surface area contributed by atoms with Gasteiger partial charge in [-0.2, -0.15) is 0 Å². The molecule has 0 aliphatic carbocycles. The number of amides is 1. The highest BCUT2D eigenvalue weighted by atomic mass is 32.2. The quantitative estimate of drug-likeness (QED) is 0.399. The third kappa shape index (κ3) is 3.53. The molecule has 4 aromatic rings. The molecule has 27 heavy (non-hydrogen) atoms. The smallest absolute Gasteiger partial charge is 0.234 e. The van der Waals surface area contributed by atoms with Gasteiger partial charge in [-0.3, -0.25) is 4.79 Å². The van der Waals surface area contributed by atoms with Crippen molar-refractivity contribution in [2.75, 3.05) is 11.1 Å². The molecule has 0 saturated heterocycles. The number of benzene rings is 2. The van der Waals surface area contributed by atoms with Gasteiger partial charge in [0.1, 0.15) is 22.0 Å². The minimum atomic E-state index is -0.0764. The van der Waals surface area contributed by atoms with E-state index < -0.39 is 0 Å². The predicted molar refractivity (Wildman–Crippen MR) is 109 cm³/mol. The zero-order chi connectivity index (χ0) is 19.0. The average Bonchev–Trinajstić information content (AvgIpc) is 3.01. The fourth-order valence-electron chi connectivity index (χ4n) is 3.04. The summed E-state index contributed by atoms with van der Waals surface area (Å²) in [5.41, 5.74) is 5.24. The summed E-state index contributed by atoms with van der Waals surface area (Å²) in [4.78, 5) is 21.4. The largest absolute Gasteiger partial charge is 0.451 e. The third-order valence-electron chi connectivity index (χ3n) is 4.30. The summed E-state index contributed by atoms with van der Waals surface area (Å²) in [6.07, 6.45) is 0. The van der Waals surface area contributed by atoms with E-state index in [4.69, 9.17) is 4.42 Å². The zero-order valence-electron chi connectivity index (χ0n) is 15.4. The standard InChI is InChI=1S/C21H19N3O2S/c1-12-8-9-16(13(2)10-12)24-18(25)11-27-21-20-19(22-14(3)23-21)15-6-4-5-7-17(15)26-20/h4-10H,11H2,1-3H3,(H,24,25). The van der Waals surface area contributed by atoms with Crippen LogP contribution in [0.15, 0.2) is 51.9 Å². The van der Waals surface area contributed by atoms with Gasteiger partial charge in [0.15, 0.2) is 5.58 Å². The lowest BCUT2D eigenvalue weighted by atomic mass is 10.1. The van der Waals surface area contributed by atoms with Crippen molar-refractivity contribution in [3.63, 3.8) is 0 Å². The summed E-state index contributed by atoms with van der Waals surface area (Å²) in [6.45, 7) is 5.87. The number of hydrogen-bond donors (Lipinski definition) is 1. The van der Waals surface area contributed by atoms with Crippen LogP contribution in [0.4, 0.5) is 5.69 Å². The lowest BCUT2D eigenvalue weighted by molar-refractivity contribution is -0.113. The van der Waals surface area contributed by atoms with Crippen LogP contribution in [0.1, 0.15) is 17.0 Å². The van der Waals surface area contributed by atoms with Crippen molar-refractivity contribution in [1.82, 2.24) is 9.97 Å². The van der Waals surface area contributed by atoms with E-state index in [9.17, 15) is 4.79 Å². The molecule has 136 valence electrons. The Balaban J connectivity index is 1.57. The van der Waals surface area contributed by atoms with Gasteiger partial charge in [-0.15, -0.1) is 0 Å². The number of aromatic nitrogens is 2. The molecule has 0 aliphatic heterocycles. The molecule has 4 rings (SSSR count). The highest BCUT2D eigenvalue weighted by molar-refractivity contribution is 8.00. The summed E-state index contributed by atoms with van der Waals surface area (Å²) in [5.74, 6) is 0.828. The molecule has 1 N–H and O–H groups in total. The molecule has 0 aliphatic rings. The van der Waals surface area contributed by atoms with Crippen molar-refractivity contribution in [2.45, 2.75) is 25.8 Å². The zero-order valence-corrected chi connectivity index (χ0v) is 16.2. The van der Waals surface area contributed by atoms with Gasteiger partial charge in [-0.1, -0.05) is 41.6 Å². The van der Waals surface area contributed by atoms with Crippen molar-refractivity contribution < 1.29 is 9.21 Å². The Morgan fingerprint density at radius 1 is 1.11 bits per heavy atom. The van der Waals surface area contributed by atoms with Gasteiger partial charge in [-0.25, -0.2) is 9.97 Å². The van der Waals surface area contributed by atoms with Crippen molar-refractivity contribution >= 4 is 45.4 Å². The van der Waals surface area contributed by atoms with Crippen molar-refractivity contribution in [2.24, 2.45) is 0 Å². The monoisotopic (exact) mass is 377 g/mol. The van der Waals surface area contributed by atoms with Crippen LogP contribution in [0.2, 0.25) is 0 Å². The number of furan rings is 1. The Hall–Kier alpha value is -2.86. The van der Waals surface area contributed by atoms with E-state index in [1.807, 2.05) is 57.2 Å². The molecular formula is C21H19N3O2S. The summed E-state index contributed by atoms with van der Waals surface area (Å²) in [6, 6.07) is 13.7. The molecular weight excluding hydrogens is 358 g/mol. The molecule has 0 radical (unpaired) electrons. The maximum Gasteiger partial charge on any atom is 0.234 e. The molecule has 0 saturated carbocycles. The summed E-state index contributed by atoms with van der Waals surface area (Å²) in [7, 11) is 0. The number of para-hydroxylation sites is 1. The van der Waals surface area contributed by atoms with Gasteiger partial charge >= 0.3 is 0 Å². The van der Waals surface area contributed by atoms with E-state index in [1.165, 1.54) is 17.3 Å². The number of anilines is 1. The number of carbonyl (C=O) groups excluding carboxylic acids is 1. The molecule has 5 nitrogen and oxygen atoms in total. The summed E-state index contributed by atoms with van der Waals surface area (Å²) < 4.78 is 5.94. The predicted octanol–water partition coefficient (Wildman–Crippen LogP) is 5.03. The first kappa shape index (κ1) is 17.5. The first-order chi connectivity index (χ1) is 13.0. The van der Waals surface area contributed by atoms with Crippen LogP contribution in [0.5, 0.6) is 0 Å². The van der Waals surface area contributed by atoms with Gasteiger partial charge in [0.2, 0.25) is 5.91 Å². The van der Waals surface area contributed by atoms with Crippen LogP contribution in [-0.2, 0) is 4.79 Å². The normalized spacial score (nSPS) is 11.2. The van der Waals surface area contributed by atoms with Crippen LogP contribution in [0.25, 0.3) is 22.1 Å². The van der Waals surface area contributed by atoms with Crippen LogP contribution in [-0.4, -0.2) is 21.6 Å². The second-order valence-corrected chi connectivity index (χ2v) is 7.47. The average molecular weight is 377 g/mol. The molecule has 0 fully saturated rings. The minimum Gasteiger partial charge on any atom is -0.451 e. The molecule has 0 atom stereocenters. The van der Waals surface area contributed by atoms with Gasteiger partial charge < -0.3 is 9.73 Å². The number of carbonyl (C=O) groups is 1. The molecule has 2 aromatic heterocycles. The number of nitrogens with zero attached hydrogens (tertiary/aromatic N) is 2. The van der Waals surface area contributed by atoms with Crippen LogP contribution < -0.4 is 5.32 Å². The fraction of sp³-hybridized carbons (Fsp3) is 0.190. The Morgan fingerprint density at radius 3 is 2.74 bits per heavy atom. The minimum absolute atomic E-state index is 0.0764. The van der Waals surface area contributed by atoms with E-state index in [0.717, 1.165) is 27.7 Å². The van der Waals surface area contributed by atoms with E-state index in [2.05, 4.69) is 21.4 Å². The highest BCUT2D eigenvalue weighted by Crippen LogP contribution is 2.33. The molecule has 6 heteroatoms. The molecule has 2 aromatic carbocycles. The second-order valence-electron chi connectivity index (χ2n) is 6.51. The number of thioether (sulfide) groups is 1. The Bertz CT molecular complexity index is 1170. The molecule has 1 amide bonds. The van der Waals surface area contributed by atoms with Crippen molar-refractivity contribution in [3.8, 4) is 0 Å². The number of aryl methyl sites for hydroxylation is 3. The lowest BCUT2D eigenvalue weighted by Crippen LogP contribution is -2.15. The van der Waals surface area contributed by atoms with Crippen LogP contribution in [0.3, 0.4) is 0 Å². The van der Waals surface area contributed by atoms with E-state index in [1.54, 1.807) is 0 Å².